The standard InChI is InChI=1S/C13H15NO4/c1-3-9(13(16)17-2)8-4-5-11-10(6-8)14-12(15)7-18-11/h4-6,9H,3,7H2,1-2H3,(H,14,15). The number of amides is 1. The Morgan fingerprint density at radius 1 is 1.56 bits per heavy atom. The highest BCUT2D eigenvalue weighted by Crippen LogP contribution is 2.32. The van der Waals surface area contributed by atoms with Gasteiger partial charge in [0.25, 0.3) is 5.91 Å². The molecule has 1 aliphatic rings. The topological polar surface area (TPSA) is 64.6 Å². The van der Waals surface area contributed by atoms with Crippen molar-refractivity contribution in [2.24, 2.45) is 0 Å². The van der Waals surface area contributed by atoms with Crippen molar-refractivity contribution in [2.75, 3.05) is 19.0 Å². The zero-order valence-corrected chi connectivity index (χ0v) is 10.4. The fourth-order valence-electron chi connectivity index (χ4n) is 2.00. The van der Waals surface area contributed by atoms with E-state index in [1.54, 1.807) is 12.1 Å². The largest absolute Gasteiger partial charge is 0.482 e. The minimum atomic E-state index is -0.320. The lowest BCUT2D eigenvalue weighted by molar-refractivity contribution is -0.142. The van der Waals surface area contributed by atoms with Gasteiger partial charge < -0.3 is 14.8 Å². The number of benzene rings is 1. The predicted octanol–water partition coefficient (Wildman–Crippen LogP) is 1.68. The van der Waals surface area contributed by atoms with Gasteiger partial charge in [0.05, 0.1) is 18.7 Å². The van der Waals surface area contributed by atoms with Crippen LogP contribution in [-0.4, -0.2) is 25.6 Å². The smallest absolute Gasteiger partial charge is 0.313 e. The van der Waals surface area contributed by atoms with Gasteiger partial charge in [-0.05, 0) is 24.1 Å². The van der Waals surface area contributed by atoms with E-state index in [9.17, 15) is 9.59 Å². The number of esters is 1. The van der Waals surface area contributed by atoms with E-state index in [2.05, 4.69) is 5.32 Å². The summed E-state index contributed by atoms with van der Waals surface area (Å²) in [5.74, 6) is -0.163. The monoisotopic (exact) mass is 249 g/mol. The molecule has 18 heavy (non-hydrogen) atoms. The molecule has 0 aromatic heterocycles. The van der Waals surface area contributed by atoms with Crippen LogP contribution in [-0.2, 0) is 14.3 Å². The average Bonchev–Trinajstić information content (AvgIpc) is 2.38. The van der Waals surface area contributed by atoms with E-state index in [4.69, 9.17) is 9.47 Å². The van der Waals surface area contributed by atoms with E-state index in [-0.39, 0.29) is 24.4 Å². The number of hydrogen-bond donors (Lipinski definition) is 1. The lowest BCUT2D eigenvalue weighted by atomic mass is 9.96. The Morgan fingerprint density at radius 3 is 3.00 bits per heavy atom. The molecule has 1 aromatic carbocycles. The molecule has 0 bridgehead atoms. The minimum absolute atomic E-state index is 0.0283. The Bertz CT molecular complexity index is 484. The van der Waals surface area contributed by atoms with Gasteiger partial charge in [0.15, 0.2) is 6.61 Å². The fraction of sp³-hybridized carbons (Fsp3) is 0.385. The van der Waals surface area contributed by atoms with E-state index in [0.29, 0.717) is 17.9 Å². The summed E-state index contributed by atoms with van der Waals surface area (Å²) < 4.78 is 10.0. The molecule has 1 amide bonds. The Kier molecular flexibility index (Phi) is 3.50. The number of ether oxygens (including phenoxy) is 2. The summed E-state index contributed by atoms with van der Waals surface area (Å²) in [4.78, 5) is 22.9. The van der Waals surface area contributed by atoms with Crippen molar-refractivity contribution in [3.05, 3.63) is 23.8 Å². The van der Waals surface area contributed by atoms with E-state index < -0.39 is 0 Å². The summed E-state index contributed by atoms with van der Waals surface area (Å²) in [6.07, 6.45) is 0.639. The van der Waals surface area contributed by atoms with Crippen molar-refractivity contribution in [1.82, 2.24) is 0 Å². The molecule has 0 saturated carbocycles. The maximum atomic E-state index is 11.6. The molecule has 1 unspecified atom stereocenters. The number of methoxy groups -OCH3 is 1. The quantitative estimate of drug-likeness (QED) is 0.828. The number of hydrogen-bond acceptors (Lipinski definition) is 4. The highest BCUT2D eigenvalue weighted by molar-refractivity contribution is 5.95. The molecule has 5 nitrogen and oxygen atoms in total. The third kappa shape index (κ3) is 2.30. The van der Waals surface area contributed by atoms with Crippen LogP contribution in [0.5, 0.6) is 5.75 Å². The van der Waals surface area contributed by atoms with Crippen molar-refractivity contribution >= 4 is 17.6 Å². The first-order chi connectivity index (χ1) is 8.65. The SMILES string of the molecule is CCC(C(=O)OC)c1ccc2c(c1)NC(=O)CO2. The maximum absolute atomic E-state index is 11.6. The predicted molar refractivity (Wildman–Crippen MR) is 65.6 cm³/mol. The maximum Gasteiger partial charge on any atom is 0.313 e. The number of rotatable bonds is 3. The number of carbonyl (C=O) groups is 2. The zero-order chi connectivity index (χ0) is 13.1. The van der Waals surface area contributed by atoms with Gasteiger partial charge in [0.2, 0.25) is 0 Å². The number of fused-ring (bicyclic) bond motifs is 1. The highest BCUT2D eigenvalue weighted by atomic mass is 16.5. The van der Waals surface area contributed by atoms with Crippen molar-refractivity contribution < 1.29 is 19.1 Å². The second-order valence-electron chi connectivity index (χ2n) is 4.08. The molecule has 0 radical (unpaired) electrons. The molecule has 96 valence electrons. The Hall–Kier alpha value is -2.04. The third-order valence-electron chi connectivity index (χ3n) is 2.93. The third-order valence-corrected chi connectivity index (χ3v) is 2.93. The lowest BCUT2D eigenvalue weighted by Gasteiger charge is -2.20. The molecular weight excluding hydrogens is 234 g/mol. The van der Waals surface area contributed by atoms with Crippen LogP contribution in [0.4, 0.5) is 5.69 Å². The second kappa shape index (κ2) is 5.08. The summed E-state index contributed by atoms with van der Waals surface area (Å²) in [7, 11) is 1.37. The van der Waals surface area contributed by atoms with Gasteiger partial charge >= 0.3 is 5.97 Å². The molecule has 1 atom stereocenters. The van der Waals surface area contributed by atoms with Crippen LogP contribution in [0.1, 0.15) is 24.8 Å². The van der Waals surface area contributed by atoms with Gasteiger partial charge in [-0.25, -0.2) is 0 Å². The van der Waals surface area contributed by atoms with Crippen LogP contribution in [0.15, 0.2) is 18.2 Å². The van der Waals surface area contributed by atoms with E-state index >= 15 is 0 Å². The first-order valence-corrected chi connectivity index (χ1v) is 5.80. The van der Waals surface area contributed by atoms with E-state index in [1.165, 1.54) is 7.11 Å². The summed E-state index contributed by atoms with van der Waals surface area (Å²) in [6, 6.07) is 5.34. The van der Waals surface area contributed by atoms with Crippen LogP contribution >= 0.6 is 0 Å². The summed E-state index contributed by atoms with van der Waals surface area (Å²) in [6.45, 7) is 1.94. The zero-order valence-electron chi connectivity index (χ0n) is 10.4. The average molecular weight is 249 g/mol. The van der Waals surface area contributed by atoms with Gasteiger partial charge in [0.1, 0.15) is 5.75 Å². The fourth-order valence-corrected chi connectivity index (χ4v) is 2.00. The molecule has 0 spiro atoms. The summed E-state index contributed by atoms with van der Waals surface area (Å²) >= 11 is 0. The Morgan fingerprint density at radius 2 is 2.33 bits per heavy atom. The van der Waals surface area contributed by atoms with Crippen molar-refractivity contribution in [3.8, 4) is 5.75 Å². The van der Waals surface area contributed by atoms with Gasteiger partial charge in [-0.3, -0.25) is 9.59 Å². The Labute approximate surface area is 105 Å². The number of carbonyl (C=O) groups excluding carboxylic acids is 2. The normalized spacial score (nSPS) is 15.1. The number of nitrogens with one attached hydrogen (secondary N) is 1. The second-order valence-corrected chi connectivity index (χ2v) is 4.08. The molecular formula is C13H15NO4. The van der Waals surface area contributed by atoms with Gasteiger partial charge in [-0.2, -0.15) is 0 Å². The molecule has 2 rings (SSSR count). The number of anilines is 1. The first kappa shape index (κ1) is 12.4. The van der Waals surface area contributed by atoms with Crippen molar-refractivity contribution in [1.29, 1.82) is 0 Å². The van der Waals surface area contributed by atoms with Gasteiger partial charge in [-0.15, -0.1) is 0 Å². The molecule has 1 N–H and O–H groups in total. The molecule has 0 aliphatic carbocycles. The van der Waals surface area contributed by atoms with Gasteiger partial charge in [-0.1, -0.05) is 13.0 Å². The first-order valence-electron chi connectivity index (χ1n) is 5.80. The highest BCUT2D eigenvalue weighted by Gasteiger charge is 2.22. The molecule has 1 aromatic rings. The van der Waals surface area contributed by atoms with Crippen LogP contribution in [0.25, 0.3) is 0 Å². The van der Waals surface area contributed by atoms with Crippen LogP contribution in [0.3, 0.4) is 0 Å². The van der Waals surface area contributed by atoms with Crippen LogP contribution in [0, 0.1) is 0 Å². The van der Waals surface area contributed by atoms with Gasteiger partial charge in [0, 0.05) is 0 Å². The van der Waals surface area contributed by atoms with E-state index in [1.807, 2.05) is 13.0 Å². The molecule has 1 aliphatic heterocycles. The molecule has 0 fully saturated rings. The van der Waals surface area contributed by atoms with Crippen LogP contribution < -0.4 is 10.1 Å². The molecule has 5 heteroatoms. The lowest BCUT2D eigenvalue weighted by Crippen LogP contribution is -2.25. The molecule has 1 heterocycles. The Balaban J connectivity index is 2.32. The van der Waals surface area contributed by atoms with E-state index in [0.717, 1.165) is 5.56 Å². The van der Waals surface area contributed by atoms with Crippen LogP contribution in [0.2, 0.25) is 0 Å². The summed E-state index contributed by atoms with van der Waals surface area (Å²) in [5, 5.41) is 2.72. The molecule has 0 saturated heterocycles. The summed E-state index contributed by atoms with van der Waals surface area (Å²) in [5.41, 5.74) is 1.42. The minimum Gasteiger partial charge on any atom is -0.482 e. The van der Waals surface area contributed by atoms with Crippen molar-refractivity contribution in [3.63, 3.8) is 0 Å². The van der Waals surface area contributed by atoms with Crippen molar-refractivity contribution in [2.45, 2.75) is 19.3 Å².